The van der Waals surface area contributed by atoms with E-state index in [2.05, 4.69) is 10.3 Å². The standard InChI is InChI=1S/C19H28N2O3/c1-3-20-18(22)10-8-6-4-5-7-9-15-21-19(23)16-11-13-17(24-2)14-12-16/h3,11-14H,4-10,15H2,1-2H3,(H,21,23)/b20-3+. The molecule has 0 saturated carbocycles. The molecule has 5 heteroatoms. The average Bonchev–Trinajstić information content (AvgIpc) is 2.60. The Kier molecular flexibility index (Phi) is 10.2. The number of nitrogens with one attached hydrogen (secondary N) is 1. The molecule has 24 heavy (non-hydrogen) atoms. The number of carbonyl (C=O) groups excluding carboxylic acids is 2. The number of unbranched alkanes of at least 4 members (excludes halogenated alkanes) is 5. The van der Waals surface area contributed by atoms with Crippen molar-refractivity contribution in [1.29, 1.82) is 0 Å². The quantitative estimate of drug-likeness (QED) is 0.495. The van der Waals surface area contributed by atoms with Crippen molar-refractivity contribution in [1.82, 2.24) is 5.32 Å². The molecule has 0 saturated heterocycles. The van der Waals surface area contributed by atoms with Crippen molar-refractivity contribution in [2.24, 2.45) is 4.99 Å². The van der Waals surface area contributed by atoms with Gasteiger partial charge in [-0.15, -0.1) is 0 Å². The van der Waals surface area contributed by atoms with Crippen molar-refractivity contribution in [3.8, 4) is 5.75 Å². The summed E-state index contributed by atoms with van der Waals surface area (Å²) in [5.41, 5.74) is 0.648. The Morgan fingerprint density at radius 3 is 2.29 bits per heavy atom. The summed E-state index contributed by atoms with van der Waals surface area (Å²) in [6.45, 7) is 2.44. The molecule has 0 unspecified atom stereocenters. The highest BCUT2D eigenvalue weighted by atomic mass is 16.5. The van der Waals surface area contributed by atoms with Gasteiger partial charge in [0.2, 0.25) is 5.91 Å². The number of carbonyl (C=O) groups is 2. The number of benzene rings is 1. The van der Waals surface area contributed by atoms with Crippen LogP contribution in [0.15, 0.2) is 29.3 Å². The summed E-state index contributed by atoms with van der Waals surface area (Å²) in [6.07, 6.45) is 8.36. The van der Waals surface area contributed by atoms with Gasteiger partial charge in [0.1, 0.15) is 5.75 Å². The summed E-state index contributed by atoms with van der Waals surface area (Å²) in [5.74, 6) is 0.668. The van der Waals surface area contributed by atoms with E-state index in [0.717, 1.165) is 44.3 Å². The maximum Gasteiger partial charge on any atom is 0.251 e. The van der Waals surface area contributed by atoms with Crippen LogP contribution in [0.1, 0.15) is 62.2 Å². The molecule has 0 aromatic heterocycles. The molecule has 0 aliphatic rings. The summed E-state index contributed by atoms with van der Waals surface area (Å²) in [6, 6.07) is 7.09. The summed E-state index contributed by atoms with van der Waals surface area (Å²) < 4.78 is 5.07. The second-order valence-electron chi connectivity index (χ2n) is 5.64. The van der Waals surface area contributed by atoms with Gasteiger partial charge in [-0.1, -0.05) is 25.7 Å². The fourth-order valence-corrected chi connectivity index (χ4v) is 2.36. The number of methoxy groups -OCH3 is 1. The van der Waals surface area contributed by atoms with E-state index in [9.17, 15) is 9.59 Å². The first-order chi connectivity index (χ1) is 11.7. The van der Waals surface area contributed by atoms with E-state index in [1.165, 1.54) is 0 Å². The topological polar surface area (TPSA) is 67.8 Å². The Morgan fingerprint density at radius 2 is 1.67 bits per heavy atom. The van der Waals surface area contributed by atoms with Crippen LogP contribution in [0, 0.1) is 0 Å². The van der Waals surface area contributed by atoms with Crippen molar-refractivity contribution < 1.29 is 14.3 Å². The van der Waals surface area contributed by atoms with Crippen molar-refractivity contribution >= 4 is 18.0 Å². The van der Waals surface area contributed by atoms with Gasteiger partial charge in [-0.2, -0.15) is 0 Å². The van der Waals surface area contributed by atoms with E-state index in [4.69, 9.17) is 4.74 Å². The third-order valence-corrected chi connectivity index (χ3v) is 3.73. The molecule has 0 aliphatic heterocycles. The molecule has 132 valence electrons. The first-order valence-electron chi connectivity index (χ1n) is 8.61. The number of ether oxygens (including phenoxy) is 1. The summed E-state index contributed by atoms with van der Waals surface area (Å²) in [5, 5.41) is 2.93. The van der Waals surface area contributed by atoms with Gasteiger partial charge in [-0.05, 0) is 44.0 Å². The summed E-state index contributed by atoms with van der Waals surface area (Å²) in [7, 11) is 1.60. The van der Waals surface area contributed by atoms with Gasteiger partial charge in [0.05, 0.1) is 7.11 Å². The Balaban J connectivity index is 2.01. The van der Waals surface area contributed by atoms with Gasteiger partial charge in [0, 0.05) is 24.7 Å². The first-order valence-corrected chi connectivity index (χ1v) is 8.61. The molecular formula is C19H28N2O3. The third kappa shape index (κ3) is 8.46. The van der Waals surface area contributed by atoms with Crippen LogP contribution in [0.4, 0.5) is 0 Å². The van der Waals surface area contributed by atoms with Gasteiger partial charge in [-0.3, -0.25) is 9.59 Å². The molecule has 2 amide bonds. The molecule has 0 fully saturated rings. The van der Waals surface area contributed by atoms with Crippen molar-refractivity contribution in [3.63, 3.8) is 0 Å². The van der Waals surface area contributed by atoms with Crippen LogP contribution in [0.25, 0.3) is 0 Å². The fraction of sp³-hybridized carbons (Fsp3) is 0.526. The minimum Gasteiger partial charge on any atom is -0.497 e. The molecule has 0 radical (unpaired) electrons. The molecule has 1 rings (SSSR count). The van der Waals surface area contributed by atoms with Crippen LogP contribution in [-0.4, -0.2) is 31.7 Å². The minimum atomic E-state index is -0.0485. The molecule has 5 nitrogen and oxygen atoms in total. The lowest BCUT2D eigenvalue weighted by Gasteiger charge is -2.06. The molecule has 0 heterocycles. The highest BCUT2D eigenvalue weighted by molar-refractivity contribution is 5.94. The van der Waals surface area contributed by atoms with Crippen molar-refractivity contribution in [3.05, 3.63) is 29.8 Å². The number of aliphatic imine (C=N–C) groups is 1. The fourth-order valence-electron chi connectivity index (χ4n) is 2.36. The van der Waals surface area contributed by atoms with Crippen LogP contribution in [0.5, 0.6) is 5.75 Å². The summed E-state index contributed by atoms with van der Waals surface area (Å²) in [4.78, 5) is 26.9. The van der Waals surface area contributed by atoms with Crippen LogP contribution < -0.4 is 10.1 Å². The van der Waals surface area contributed by atoms with E-state index in [0.29, 0.717) is 18.5 Å². The molecule has 0 atom stereocenters. The van der Waals surface area contributed by atoms with Gasteiger partial charge in [-0.25, -0.2) is 4.99 Å². The Labute approximate surface area is 144 Å². The summed E-state index contributed by atoms with van der Waals surface area (Å²) >= 11 is 0. The number of hydrogen-bond acceptors (Lipinski definition) is 3. The zero-order chi connectivity index (χ0) is 17.6. The normalized spacial score (nSPS) is 10.8. The Bertz CT molecular complexity index is 524. The van der Waals surface area contributed by atoms with Crippen LogP contribution in [0.3, 0.4) is 0 Å². The Morgan fingerprint density at radius 1 is 1.04 bits per heavy atom. The second kappa shape index (κ2) is 12.3. The molecule has 0 aliphatic carbocycles. The minimum absolute atomic E-state index is 0.0289. The van der Waals surface area contributed by atoms with Gasteiger partial charge in [0.25, 0.3) is 5.91 Å². The maximum atomic E-state index is 11.9. The highest BCUT2D eigenvalue weighted by Gasteiger charge is 2.04. The van der Waals surface area contributed by atoms with Gasteiger partial charge < -0.3 is 10.1 Å². The molecular weight excluding hydrogens is 304 g/mol. The van der Waals surface area contributed by atoms with Crippen LogP contribution in [0.2, 0.25) is 0 Å². The molecule has 0 spiro atoms. The molecule has 1 aromatic rings. The van der Waals surface area contributed by atoms with E-state index >= 15 is 0 Å². The molecule has 1 aromatic carbocycles. The largest absolute Gasteiger partial charge is 0.497 e. The third-order valence-electron chi connectivity index (χ3n) is 3.73. The zero-order valence-corrected chi connectivity index (χ0v) is 14.7. The van der Waals surface area contributed by atoms with Gasteiger partial charge in [0.15, 0.2) is 0 Å². The van der Waals surface area contributed by atoms with E-state index in [1.54, 1.807) is 44.5 Å². The highest BCUT2D eigenvalue weighted by Crippen LogP contribution is 2.11. The van der Waals surface area contributed by atoms with E-state index in [-0.39, 0.29) is 11.8 Å². The van der Waals surface area contributed by atoms with Crippen LogP contribution in [-0.2, 0) is 4.79 Å². The number of amides is 2. The number of hydrogen-bond donors (Lipinski definition) is 1. The van der Waals surface area contributed by atoms with E-state index in [1.807, 2.05) is 0 Å². The average molecular weight is 332 g/mol. The SMILES string of the molecule is C/C=N/C(=O)CCCCCCCCNC(=O)c1ccc(OC)cc1. The lowest BCUT2D eigenvalue weighted by Crippen LogP contribution is -2.24. The smallest absolute Gasteiger partial charge is 0.251 e. The monoisotopic (exact) mass is 332 g/mol. The maximum absolute atomic E-state index is 11.9. The van der Waals surface area contributed by atoms with Gasteiger partial charge >= 0.3 is 0 Å². The van der Waals surface area contributed by atoms with E-state index < -0.39 is 0 Å². The molecule has 0 bridgehead atoms. The predicted molar refractivity (Wildman–Crippen MR) is 96.8 cm³/mol. The number of nitrogens with zero attached hydrogens (tertiary/aromatic N) is 1. The predicted octanol–water partition coefficient (Wildman–Crippen LogP) is 3.77. The zero-order valence-electron chi connectivity index (χ0n) is 14.7. The van der Waals surface area contributed by atoms with Crippen LogP contribution >= 0.6 is 0 Å². The Hall–Kier alpha value is -2.17. The number of rotatable bonds is 11. The molecule has 1 N–H and O–H groups in total. The lowest BCUT2D eigenvalue weighted by atomic mass is 10.1. The first kappa shape index (κ1) is 19.9. The second-order valence-corrected chi connectivity index (χ2v) is 5.64. The van der Waals surface area contributed by atoms with Crippen molar-refractivity contribution in [2.45, 2.75) is 51.9 Å². The lowest BCUT2D eigenvalue weighted by molar-refractivity contribution is -0.117. The van der Waals surface area contributed by atoms with Crippen molar-refractivity contribution in [2.75, 3.05) is 13.7 Å².